The van der Waals surface area contributed by atoms with E-state index >= 15 is 0 Å². The van der Waals surface area contributed by atoms with Gasteiger partial charge in [0.2, 0.25) is 0 Å². The Morgan fingerprint density at radius 3 is 1.30 bits per heavy atom. The number of rotatable bonds is 18. The number of ether oxygens (including phenoxy) is 2. The fraction of sp³-hybridized carbons (Fsp3) is 0.297. The van der Waals surface area contributed by atoms with E-state index in [0.29, 0.717) is 66.6 Å². The summed E-state index contributed by atoms with van der Waals surface area (Å²) in [6, 6.07) is 24.9. The summed E-state index contributed by atoms with van der Waals surface area (Å²) in [6.07, 6.45) is 8.13. The minimum absolute atomic E-state index is 0.111. The molecule has 47 heavy (non-hydrogen) atoms. The van der Waals surface area contributed by atoms with Gasteiger partial charge in [-0.25, -0.2) is 0 Å². The Morgan fingerprint density at radius 1 is 0.511 bits per heavy atom. The van der Waals surface area contributed by atoms with E-state index < -0.39 is 0 Å². The van der Waals surface area contributed by atoms with Crippen molar-refractivity contribution in [3.63, 3.8) is 0 Å². The quantitative estimate of drug-likeness (QED) is 0.0640. The molecule has 0 amide bonds. The van der Waals surface area contributed by atoms with E-state index in [-0.39, 0.29) is 11.5 Å². The first-order chi connectivity index (χ1) is 23.0. The Kier molecular flexibility index (Phi) is 14.1. The lowest BCUT2D eigenvalue weighted by Gasteiger charge is -2.04. The normalized spacial score (nSPS) is 11.8. The first kappa shape index (κ1) is 34.5. The summed E-state index contributed by atoms with van der Waals surface area (Å²) >= 11 is 0. The molecule has 0 radical (unpaired) electrons. The van der Waals surface area contributed by atoms with Gasteiger partial charge >= 0.3 is 0 Å². The molecular weight excluding hydrogens is 592 g/mol. The van der Waals surface area contributed by atoms with Crippen molar-refractivity contribution in [3.8, 4) is 23.0 Å². The number of aliphatic imine (C=N–C) groups is 2. The maximum absolute atomic E-state index is 10.3. The summed E-state index contributed by atoms with van der Waals surface area (Å²) in [6.45, 7) is 6.67. The molecule has 0 spiro atoms. The minimum Gasteiger partial charge on any atom is -0.507 e. The zero-order valence-corrected chi connectivity index (χ0v) is 27.0. The van der Waals surface area contributed by atoms with E-state index in [4.69, 9.17) is 9.47 Å². The summed E-state index contributed by atoms with van der Waals surface area (Å²) < 4.78 is 11.4. The van der Waals surface area contributed by atoms with Crippen LogP contribution in [0.15, 0.2) is 115 Å². The number of nitrogens with zero attached hydrogens (tertiary/aromatic N) is 6. The Hall–Kier alpha value is -5.38. The van der Waals surface area contributed by atoms with Gasteiger partial charge in [-0.05, 0) is 104 Å². The SMILES string of the molecule is CCCCOc1ccc(N=Nc2ccc(O)c(C=NCCCN=Cc3cc(N=Nc4ccc(OCCCC)cc4)ccc3O)c2)cc1. The van der Waals surface area contributed by atoms with E-state index in [2.05, 4.69) is 44.3 Å². The lowest BCUT2D eigenvalue weighted by Crippen LogP contribution is -1.95. The molecule has 10 heteroatoms. The molecule has 2 N–H and O–H groups in total. The fourth-order valence-electron chi connectivity index (χ4n) is 4.11. The van der Waals surface area contributed by atoms with Crippen molar-refractivity contribution in [1.82, 2.24) is 0 Å². The lowest BCUT2D eigenvalue weighted by atomic mass is 10.2. The fourth-order valence-corrected chi connectivity index (χ4v) is 4.11. The second-order valence-electron chi connectivity index (χ2n) is 10.7. The van der Waals surface area contributed by atoms with Crippen molar-refractivity contribution in [1.29, 1.82) is 0 Å². The highest BCUT2D eigenvalue weighted by atomic mass is 16.5. The number of unbranched alkanes of at least 4 members (excludes halogenated alkanes) is 2. The summed E-state index contributed by atoms with van der Waals surface area (Å²) in [5.74, 6) is 1.84. The molecule has 0 heterocycles. The third-order valence-electron chi connectivity index (χ3n) is 6.83. The average Bonchev–Trinajstić information content (AvgIpc) is 3.09. The molecule has 0 aliphatic heterocycles. The van der Waals surface area contributed by atoms with Crippen LogP contribution in [0.25, 0.3) is 0 Å². The predicted octanol–water partition coefficient (Wildman–Crippen LogP) is 10.2. The number of aromatic hydroxyl groups is 2. The van der Waals surface area contributed by atoms with E-state index in [1.54, 1.807) is 48.8 Å². The van der Waals surface area contributed by atoms with Crippen LogP contribution in [-0.4, -0.2) is 48.9 Å². The molecule has 0 aromatic heterocycles. The Morgan fingerprint density at radius 2 is 0.894 bits per heavy atom. The van der Waals surface area contributed by atoms with Crippen LogP contribution >= 0.6 is 0 Å². The molecule has 0 unspecified atom stereocenters. The smallest absolute Gasteiger partial charge is 0.124 e. The van der Waals surface area contributed by atoms with Crippen LogP contribution in [0.3, 0.4) is 0 Å². The second kappa shape index (κ2) is 19.2. The zero-order chi connectivity index (χ0) is 33.1. The van der Waals surface area contributed by atoms with E-state index in [9.17, 15) is 10.2 Å². The van der Waals surface area contributed by atoms with Crippen LogP contribution in [0.4, 0.5) is 22.7 Å². The highest BCUT2D eigenvalue weighted by Crippen LogP contribution is 2.27. The summed E-state index contributed by atoms with van der Waals surface area (Å²) in [7, 11) is 0. The monoisotopic (exact) mass is 634 g/mol. The lowest BCUT2D eigenvalue weighted by molar-refractivity contribution is 0.309. The molecule has 0 fully saturated rings. The van der Waals surface area contributed by atoms with Gasteiger partial charge in [-0.3, -0.25) is 9.98 Å². The van der Waals surface area contributed by atoms with Gasteiger partial charge in [-0.15, -0.1) is 0 Å². The van der Waals surface area contributed by atoms with Crippen molar-refractivity contribution in [3.05, 3.63) is 96.1 Å². The van der Waals surface area contributed by atoms with Crippen molar-refractivity contribution in [2.75, 3.05) is 26.3 Å². The molecule has 0 aliphatic carbocycles. The van der Waals surface area contributed by atoms with Crippen LogP contribution in [0.1, 0.15) is 57.1 Å². The molecular formula is C37H42N6O4. The molecule has 244 valence electrons. The molecule has 0 aliphatic rings. The van der Waals surface area contributed by atoms with Crippen molar-refractivity contribution < 1.29 is 19.7 Å². The Labute approximate surface area is 276 Å². The van der Waals surface area contributed by atoms with Crippen LogP contribution in [0.5, 0.6) is 23.0 Å². The van der Waals surface area contributed by atoms with E-state index in [1.165, 1.54) is 0 Å². The average molecular weight is 635 g/mol. The summed E-state index contributed by atoms with van der Waals surface area (Å²) in [4.78, 5) is 8.85. The molecule has 0 saturated carbocycles. The predicted molar refractivity (Wildman–Crippen MR) is 188 cm³/mol. The number of phenols is 2. The first-order valence-electron chi connectivity index (χ1n) is 16.0. The Bertz CT molecular complexity index is 1530. The van der Waals surface area contributed by atoms with Crippen molar-refractivity contribution in [2.24, 2.45) is 30.4 Å². The van der Waals surface area contributed by atoms with Gasteiger partial charge in [0, 0.05) is 36.6 Å². The highest BCUT2D eigenvalue weighted by Gasteiger charge is 2.03. The van der Waals surface area contributed by atoms with Crippen LogP contribution < -0.4 is 9.47 Å². The van der Waals surface area contributed by atoms with Crippen LogP contribution in [0.2, 0.25) is 0 Å². The maximum Gasteiger partial charge on any atom is 0.124 e. The molecule has 0 atom stereocenters. The molecule has 10 nitrogen and oxygen atoms in total. The highest BCUT2D eigenvalue weighted by molar-refractivity contribution is 5.85. The van der Waals surface area contributed by atoms with Crippen LogP contribution in [0, 0.1) is 0 Å². The van der Waals surface area contributed by atoms with Gasteiger partial charge in [-0.2, -0.15) is 20.5 Å². The zero-order valence-electron chi connectivity index (χ0n) is 27.0. The van der Waals surface area contributed by atoms with Gasteiger partial charge in [0.15, 0.2) is 0 Å². The number of hydrogen-bond acceptors (Lipinski definition) is 10. The third-order valence-corrected chi connectivity index (χ3v) is 6.83. The number of benzene rings is 4. The van der Waals surface area contributed by atoms with Gasteiger partial charge in [0.05, 0.1) is 36.0 Å². The summed E-state index contributed by atoms with van der Waals surface area (Å²) in [5, 5.41) is 37.7. The second-order valence-corrected chi connectivity index (χ2v) is 10.7. The number of hydrogen-bond donors (Lipinski definition) is 2. The summed E-state index contributed by atoms with van der Waals surface area (Å²) in [5.41, 5.74) is 3.72. The van der Waals surface area contributed by atoms with Gasteiger partial charge in [-0.1, -0.05) is 26.7 Å². The molecule has 4 aromatic carbocycles. The minimum atomic E-state index is 0.111. The third kappa shape index (κ3) is 12.1. The van der Waals surface area contributed by atoms with Crippen molar-refractivity contribution in [2.45, 2.75) is 46.0 Å². The Balaban J connectivity index is 1.23. The molecule has 4 aromatic rings. The van der Waals surface area contributed by atoms with Gasteiger partial charge in [0.25, 0.3) is 0 Å². The standard InChI is InChI=1S/C37H42N6O4/c1-3-5-22-46-34-14-8-30(9-15-34)40-42-32-12-18-36(44)28(24-32)26-38-20-7-21-39-27-29-25-33(13-19-37(29)45)43-41-31-10-16-35(17-11-31)47-23-6-4-2/h8-19,24-27,44-45H,3-7,20-23H2,1-2H3. The van der Waals surface area contributed by atoms with Gasteiger partial charge in [0.1, 0.15) is 23.0 Å². The van der Waals surface area contributed by atoms with Crippen molar-refractivity contribution >= 4 is 35.2 Å². The van der Waals surface area contributed by atoms with E-state index in [0.717, 1.165) is 37.2 Å². The molecule has 0 bridgehead atoms. The maximum atomic E-state index is 10.3. The molecule has 0 saturated heterocycles. The first-order valence-corrected chi connectivity index (χ1v) is 16.0. The number of phenolic OH excluding ortho intramolecular Hbond substituents is 2. The van der Waals surface area contributed by atoms with E-state index in [1.807, 2.05) is 48.5 Å². The molecule has 4 rings (SSSR count). The largest absolute Gasteiger partial charge is 0.507 e. The van der Waals surface area contributed by atoms with Crippen LogP contribution in [-0.2, 0) is 0 Å². The topological polar surface area (TPSA) is 133 Å². The van der Waals surface area contributed by atoms with Gasteiger partial charge < -0.3 is 19.7 Å². The number of azo groups is 2.